The zero-order valence-electron chi connectivity index (χ0n) is 9.84. The van der Waals surface area contributed by atoms with Crippen molar-refractivity contribution in [1.82, 2.24) is 9.88 Å². The minimum Gasteiger partial charge on any atom is -0.340 e. The Balaban J connectivity index is 2.86. The van der Waals surface area contributed by atoms with Gasteiger partial charge in [0.25, 0.3) is 5.91 Å². The van der Waals surface area contributed by atoms with E-state index in [2.05, 4.69) is 16.5 Å². The molecule has 0 spiro atoms. The average molecular weight is 233 g/mol. The summed E-state index contributed by atoms with van der Waals surface area (Å²) in [7, 11) is 1.64. The molecule has 0 saturated carbocycles. The van der Waals surface area contributed by atoms with Crippen LogP contribution in [0.2, 0.25) is 0 Å². The Morgan fingerprint density at radius 1 is 1.76 bits per heavy atom. The number of amides is 1. The molecule has 0 bridgehead atoms. The van der Waals surface area contributed by atoms with Crippen LogP contribution in [0.4, 0.5) is 5.69 Å². The van der Waals surface area contributed by atoms with Gasteiger partial charge in [0.2, 0.25) is 0 Å². The van der Waals surface area contributed by atoms with Crippen molar-refractivity contribution in [1.29, 1.82) is 5.26 Å². The number of hydrogen-bond donors (Lipinski definition) is 2. The average Bonchev–Trinajstić information content (AvgIpc) is 2.37. The van der Waals surface area contributed by atoms with Crippen molar-refractivity contribution in [2.75, 3.05) is 19.0 Å². The molecule has 0 aliphatic rings. The van der Waals surface area contributed by atoms with E-state index in [0.29, 0.717) is 17.8 Å². The van der Waals surface area contributed by atoms with Gasteiger partial charge in [0.15, 0.2) is 0 Å². The van der Waals surface area contributed by atoms with Crippen molar-refractivity contribution in [2.45, 2.75) is 6.92 Å². The third-order valence-corrected chi connectivity index (χ3v) is 2.32. The van der Waals surface area contributed by atoms with Gasteiger partial charge in [-0.25, -0.2) is 0 Å². The molecule has 90 valence electrons. The van der Waals surface area contributed by atoms with Gasteiger partial charge in [-0.05, 0) is 13.0 Å². The molecule has 1 aromatic rings. The van der Waals surface area contributed by atoms with E-state index in [-0.39, 0.29) is 11.8 Å². The third kappa shape index (κ3) is 3.16. The van der Waals surface area contributed by atoms with Crippen LogP contribution < -0.4 is 11.3 Å². The van der Waals surface area contributed by atoms with Crippen molar-refractivity contribution in [3.8, 4) is 6.07 Å². The molecule has 0 aromatic carbocycles. The van der Waals surface area contributed by atoms with Gasteiger partial charge >= 0.3 is 0 Å². The van der Waals surface area contributed by atoms with Crippen molar-refractivity contribution < 1.29 is 4.79 Å². The number of carbonyl (C=O) groups is 1. The number of nitriles is 1. The molecular formula is C11H15N5O. The van der Waals surface area contributed by atoms with Gasteiger partial charge in [0.05, 0.1) is 23.2 Å². The van der Waals surface area contributed by atoms with Crippen LogP contribution in [0.15, 0.2) is 18.5 Å². The molecular weight excluding hydrogens is 218 g/mol. The number of carbonyl (C=O) groups excluding carboxylic acids is 1. The highest BCUT2D eigenvalue weighted by Gasteiger charge is 2.17. The fourth-order valence-corrected chi connectivity index (χ4v) is 1.43. The molecule has 6 heteroatoms. The van der Waals surface area contributed by atoms with E-state index in [9.17, 15) is 4.79 Å². The zero-order chi connectivity index (χ0) is 12.8. The van der Waals surface area contributed by atoms with Gasteiger partial charge in [-0.3, -0.25) is 15.6 Å². The minimum absolute atomic E-state index is 0.213. The molecule has 1 amide bonds. The summed E-state index contributed by atoms with van der Waals surface area (Å²) in [6, 6.07) is 3.70. The summed E-state index contributed by atoms with van der Waals surface area (Å²) in [5.41, 5.74) is 3.35. The van der Waals surface area contributed by atoms with E-state index in [1.54, 1.807) is 26.2 Å². The van der Waals surface area contributed by atoms with Crippen LogP contribution in [-0.2, 0) is 0 Å². The number of nitrogens with two attached hydrogens (primary N) is 1. The first-order chi connectivity index (χ1) is 8.10. The summed E-state index contributed by atoms with van der Waals surface area (Å²) >= 11 is 0. The molecule has 1 rings (SSSR count). The Hall–Kier alpha value is -2.13. The summed E-state index contributed by atoms with van der Waals surface area (Å²) in [6.07, 6.45) is 2.99. The number of pyridine rings is 1. The van der Waals surface area contributed by atoms with E-state index in [4.69, 9.17) is 11.1 Å². The molecule has 6 nitrogen and oxygen atoms in total. The number of hydrazine groups is 1. The molecule has 0 aliphatic carbocycles. The minimum atomic E-state index is -0.215. The Bertz CT molecular complexity index is 440. The Labute approximate surface area is 100 Å². The monoisotopic (exact) mass is 233 g/mol. The predicted molar refractivity (Wildman–Crippen MR) is 63.8 cm³/mol. The smallest absolute Gasteiger partial charge is 0.257 e. The molecule has 1 atom stereocenters. The second kappa shape index (κ2) is 5.82. The lowest BCUT2D eigenvalue weighted by Gasteiger charge is -2.19. The number of rotatable bonds is 4. The zero-order valence-corrected chi connectivity index (χ0v) is 9.84. The Morgan fingerprint density at radius 2 is 2.47 bits per heavy atom. The largest absolute Gasteiger partial charge is 0.340 e. The molecule has 17 heavy (non-hydrogen) atoms. The first-order valence-electron chi connectivity index (χ1n) is 5.15. The maximum Gasteiger partial charge on any atom is 0.257 e. The van der Waals surface area contributed by atoms with Gasteiger partial charge in [-0.1, -0.05) is 0 Å². The van der Waals surface area contributed by atoms with Crippen LogP contribution in [-0.4, -0.2) is 29.4 Å². The summed E-state index contributed by atoms with van der Waals surface area (Å²) in [5, 5.41) is 8.70. The Kier molecular flexibility index (Phi) is 4.43. The number of nitrogens with zero attached hydrogens (tertiary/aromatic N) is 3. The lowest BCUT2D eigenvalue weighted by molar-refractivity contribution is 0.0785. The van der Waals surface area contributed by atoms with Crippen LogP contribution in [0.25, 0.3) is 0 Å². The van der Waals surface area contributed by atoms with Crippen LogP contribution >= 0.6 is 0 Å². The number of nitrogen functional groups attached to an aromatic ring is 1. The number of anilines is 1. The molecule has 0 fully saturated rings. The van der Waals surface area contributed by atoms with Gasteiger partial charge in [0, 0.05) is 26.0 Å². The highest BCUT2D eigenvalue weighted by molar-refractivity contribution is 5.99. The summed E-state index contributed by atoms with van der Waals surface area (Å²) in [5.74, 6) is 4.89. The van der Waals surface area contributed by atoms with Crippen LogP contribution in [0.5, 0.6) is 0 Å². The molecule has 3 N–H and O–H groups in total. The van der Waals surface area contributed by atoms with Crippen LogP contribution in [0.3, 0.4) is 0 Å². The van der Waals surface area contributed by atoms with Gasteiger partial charge in [-0.2, -0.15) is 5.26 Å². The lowest BCUT2D eigenvalue weighted by Crippen LogP contribution is -2.31. The van der Waals surface area contributed by atoms with E-state index in [0.717, 1.165) is 0 Å². The summed E-state index contributed by atoms with van der Waals surface area (Å²) < 4.78 is 0. The SMILES string of the molecule is CC(C#N)CN(C)C(=O)c1cnccc1NN. The third-order valence-electron chi connectivity index (χ3n) is 2.32. The molecule has 0 saturated heterocycles. The topological polar surface area (TPSA) is 95.0 Å². The maximum atomic E-state index is 12.1. The normalized spacial score (nSPS) is 11.4. The summed E-state index contributed by atoms with van der Waals surface area (Å²) in [6.45, 7) is 2.13. The molecule has 0 aliphatic heterocycles. The number of aromatic nitrogens is 1. The van der Waals surface area contributed by atoms with E-state index >= 15 is 0 Å². The fourth-order valence-electron chi connectivity index (χ4n) is 1.43. The standard InChI is InChI=1S/C11H15N5O/c1-8(5-12)7-16(2)11(17)9-6-14-4-3-10(9)15-13/h3-4,6,8H,7,13H2,1-2H3,(H,14,15). The molecule has 1 heterocycles. The van der Waals surface area contributed by atoms with Gasteiger partial charge < -0.3 is 10.3 Å². The van der Waals surface area contributed by atoms with Crippen molar-refractivity contribution in [3.05, 3.63) is 24.0 Å². The van der Waals surface area contributed by atoms with Crippen LogP contribution in [0, 0.1) is 17.2 Å². The maximum absolute atomic E-state index is 12.1. The number of nitrogens with one attached hydrogen (secondary N) is 1. The molecule has 1 aromatic heterocycles. The van der Waals surface area contributed by atoms with Crippen molar-refractivity contribution in [3.63, 3.8) is 0 Å². The van der Waals surface area contributed by atoms with E-state index in [1.807, 2.05) is 0 Å². The first-order valence-corrected chi connectivity index (χ1v) is 5.15. The lowest BCUT2D eigenvalue weighted by atomic mass is 10.1. The van der Waals surface area contributed by atoms with Gasteiger partial charge in [-0.15, -0.1) is 0 Å². The van der Waals surface area contributed by atoms with Crippen molar-refractivity contribution >= 4 is 11.6 Å². The van der Waals surface area contributed by atoms with E-state index < -0.39 is 0 Å². The first kappa shape index (κ1) is 12.9. The highest BCUT2D eigenvalue weighted by atomic mass is 16.2. The second-order valence-corrected chi connectivity index (χ2v) is 3.78. The van der Waals surface area contributed by atoms with E-state index in [1.165, 1.54) is 11.1 Å². The number of hydrogen-bond acceptors (Lipinski definition) is 5. The van der Waals surface area contributed by atoms with Gasteiger partial charge in [0.1, 0.15) is 0 Å². The van der Waals surface area contributed by atoms with Crippen molar-refractivity contribution in [2.24, 2.45) is 11.8 Å². The predicted octanol–water partition coefficient (Wildman–Crippen LogP) is 0.599. The molecule has 0 radical (unpaired) electrons. The van der Waals surface area contributed by atoms with Crippen LogP contribution in [0.1, 0.15) is 17.3 Å². The second-order valence-electron chi connectivity index (χ2n) is 3.78. The quantitative estimate of drug-likeness (QED) is 0.586. The highest BCUT2D eigenvalue weighted by Crippen LogP contribution is 2.14. The Morgan fingerprint density at radius 3 is 3.06 bits per heavy atom. The summed E-state index contributed by atoms with van der Waals surface area (Å²) in [4.78, 5) is 17.4. The molecule has 1 unspecified atom stereocenters. The fraction of sp³-hybridized carbons (Fsp3) is 0.364.